The summed E-state index contributed by atoms with van der Waals surface area (Å²) < 4.78 is 0. The highest BCUT2D eigenvalue weighted by Crippen LogP contribution is 2.13. The van der Waals surface area contributed by atoms with Gasteiger partial charge in [0.05, 0.1) is 0 Å². The van der Waals surface area contributed by atoms with Gasteiger partial charge in [0.1, 0.15) is 0 Å². The molecule has 0 amide bonds. The molecule has 1 aromatic carbocycles. The predicted molar refractivity (Wildman–Crippen MR) is 62.1 cm³/mol. The lowest BCUT2D eigenvalue weighted by molar-refractivity contribution is 0.299. The van der Waals surface area contributed by atoms with Crippen molar-refractivity contribution in [3.05, 3.63) is 29.8 Å². The van der Waals surface area contributed by atoms with Gasteiger partial charge >= 0.3 is 0 Å². The SMILES string of the molecule is OCCc1ccc(NC2CCNC2)cc1. The maximum Gasteiger partial charge on any atom is 0.0471 e. The van der Waals surface area contributed by atoms with E-state index in [4.69, 9.17) is 5.11 Å². The van der Waals surface area contributed by atoms with E-state index in [0.29, 0.717) is 6.04 Å². The highest BCUT2D eigenvalue weighted by atomic mass is 16.2. The number of hydrogen-bond donors (Lipinski definition) is 3. The van der Waals surface area contributed by atoms with Crippen molar-refractivity contribution >= 4 is 5.69 Å². The average Bonchev–Trinajstić information content (AvgIpc) is 2.74. The van der Waals surface area contributed by atoms with Crippen LogP contribution in [0.3, 0.4) is 0 Å². The summed E-state index contributed by atoms with van der Waals surface area (Å²) in [4.78, 5) is 0. The Morgan fingerprint density at radius 1 is 1.33 bits per heavy atom. The molecule has 0 bridgehead atoms. The summed E-state index contributed by atoms with van der Waals surface area (Å²) in [5.74, 6) is 0. The first-order valence-corrected chi connectivity index (χ1v) is 5.55. The van der Waals surface area contributed by atoms with E-state index >= 15 is 0 Å². The second-order valence-corrected chi connectivity index (χ2v) is 4.00. The second-order valence-electron chi connectivity index (χ2n) is 4.00. The molecule has 0 aliphatic carbocycles. The van der Waals surface area contributed by atoms with Crippen molar-refractivity contribution in [1.82, 2.24) is 5.32 Å². The van der Waals surface area contributed by atoms with Gasteiger partial charge in [-0.05, 0) is 37.1 Å². The number of nitrogens with one attached hydrogen (secondary N) is 2. The molecule has 3 heteroatoms. The Balaban J connectivity index is 1.91. The van der Waals surface area contributed by atoms with Crippen molar-refractivity contribution in [3.8, 4) is 0 Å². The number of aliphatic hydroxyl groups excluding tert-OH is 1. The average molecular weight is 206 g/mol. The van der Waals surface area contributed by atoms with Crippen LogP contribution < -0.4 is 10.6 Å². The van der Waals surface area contributed by atoms with Gasteiger partial charge in [-0.15, -0.1) is 0 Å². The molecule has 1 heterocycles. The van der Waals surface area contributed by atoms with Crippen LogP contribution in [0.1, 0.15) is 12.0 Å². The van der Waals surface area contributed by atoms with Crippen molar-refractivity contribution < 1.29 is 5.11 Å². The molecule has 1 aromatic rings. The standard InChI is InChI=1S/C12H18N2O/c15-8-6-10-1-3-11(4-2-10)14-12-5-7-13-9-12/h1-4,12-15H,5-9H2. The first kappa shape index (κ1) is 10.5. The number of benzene rings is 1. The molecule has 1 fully saturated rings. The zero-order valence-corrected chi connectivity index (χ0v) is 8.87. The molecule has 0 aromatic heterocycles. The summed E-state index contributed by atoms with van der Waals surface area (Å²) in [7, 11) is 0. The molecular formula is C12H18N2O. The maximum absolute atomic E-state index is 8.79. The van der Waals surface area contributed by atoms with Gasteiger partial charge in [-0.1, -0.05) is 12.1 Å². The molecule has 0 spiro atoms. The summed E-state index contributed by atoms with van der Waals surface area (Å²) in [6, 6.07) is 8.88. The van der Waals surface area contributed by atoms with Gasteiger partial charge < -0.3 is 15.7 Å². The Hall–Kier alpha value is -1.06. The fourth-order valence-electron chi connectivity index (χ4n) is 1.91. The van der Waals surface area contributed by atoms with Crippen LogP contribution in [0.4, 0.5) is 5.69 Å². The Kier molecular flexibility index (Phi) is 3.59. The molecular weight excluding hydrogens is 188 g/mol. The van der Waals surface area contributed by atoms with Gasteiger partial charge in [0.25, 0.3) is 0 Å². The molecule has 82 valence electrons. The molecule has 3 nitrogen and oxygen atoms in total. The van der Waals surface area contributed by atoms with Crippen molar-refractivity contribution in [2.24, 2.45) is 0 Å². The third-order valence-electron chi connectivity index (χ3n) is 2.79. The molecule has 1 atom stereocenters. The van der Waals surface area contributed by atoms with Crippen LogP contribution >= 0.6 is 0 Å². The third-order valence-corrected chi connectivity index (χ3v) is 2.79. The molecule has 2 rings (SSSR count). The van der Waals surface area contributed by atoms with Gasteiger partial charge in [0.2, 0.25) is 0 Å². The number of aliphatic hydroxyl groups is 1. The Morgan fingerprint density at radius 2 is 2.13 bits per heavy atom. The third kappa shape index (κ3) is 2.94. The van der Waals surface area contributed by atoms with Gasteiger partial charge in [-0.25, -0.2) is 0 Å². The maximum atomic E-state index is 8.79. The summed E-state index contributed by atoms with van der Waals surface area (Å²) in [6.45, 7) is 2.39. The van der Waals surface area contributed by atoms with E-state index in [2.05, 4.69) is 34.9 Å². The van der Waals surface area contributed by atoms with Crippen molar-refractivity contribution in [1.29, 1.82) is 0 Å². The Morgan fingerprint density at radius 3 is 2.73 bits per heavy atom. The van der Waals surface area contributed by atoms with Gasteiger partial charge in [-0.2, -0.15) is 0 Å². The second kappa shape index (κ2) is 5.14. The fraction of sp³-hybridized carbons (Fsp3) is 0.500. The van der Waals surface area contributed by atoms with Crippen LogP contribution in [0, 0.1) is 0 Å². The van der Waals surface area contributed by atoms with E-state index in [1.54, 1.807) is 0 Å². The van der Waals surface area contributed by atoms with Crippen molar-refractivity contribution in [2.75, 3.05) is 25.0 Å². The van der Waals surface area contributed by atoms with Crippen molar-refractivity contribution in [2.45, 2.75) is 18.9 Å². The fourth-order valence-corrected chi connectivity index (χ4v) is 1.91. The van der Waals surface area contributed by atoms with Crippen LogP contribution in [-0.2, 0) is 6.42 Å². The quantitative estimate of drug-likeness (QED) is 0.688. The van der Waals surface area contributed by atoms with Crippen molar-refractivity contribution in [3.63, 3.8) is 0 Å². The minimum Gasteiger partial charge on any atom is -0.396 e. The molecule has 1 aliphatic heterocycles. The summed E-state index contributed by atoms with van der Waals surface area (Å²) in [6.07, 6.45) is 1.93. The molecule has 3 N–H and O–H groups in total. The highest BCUT2D eigenvalue weighted by Gasteiger charge is 2.13. The minimum atomic E-state index is 0.222. The lowest BCUT2D eigenvalue weighted by Crippen LogP contribution is -2.21. The van der Waals surface area contributed by atoms with E-state index in [-0.39, 0.29) is 6.61 Å². The minimum absolute atomic E-state index is 0.222. The first-order valence-electron chi connectivity index (χ1n) is 5.55. The molecule has 15 heavy (non-hydrogen) atoms. The lowest BCUT2D eigenvalue weighted by Gasteiger charge is -2.13. The number of rotatable bonds is 4. The monoisotopic (exact) mass is 206 g/mol. The Labute approximate surface area is 90.5 Å². The van der Waals surface area contributed by atoms with E-state index in [1.807, 2.05) is 0 Å². The van der Waals surface area contributed by atoms with E-state index < -0.39 is 0 Å². The Bertz CT molecular complexity index is 291. The first-order chi connectivity index (χ1) is 7.38. The van der Waals surface area contributed by atoms with E-state index in [0.717, 1.165) is 19.5 Å². The predicted octanol–water partition coefficient (Wildman–Crippen LogP) is 0.995. The van der Waals surface area contributed by atoms with Gasteiger partial charge in [0.15, 0.2) is 0 Å². The molecule has 1 aliphatic rings. The van der Waals surface area contributed by atoms with Crippen LogP contribution in [0.15, 0.2) is 24.3 Å². The topological polar surface area (TPSA) is 44.3 Å². The summed E-state index contributed by atoms with van der Waals surface area (Å²) in [5, 5.41) is 15.6. The molecule has 1 saturated heterocycles. The zero-order chi connectivity index (χ0) is 10.5. The highest BCUT2D eigenvalue weighted by molar-refractivity contribution is 5.45. The smallest absolute Gasteiger partial charge is 0.0471 e. The molecule has 1 unspecified atom stereocenters. The molecule has 0 saturated carbocycles. The van der Waals surface area contributed by atoms with Crippen LogP contribution in [0.25, 0.3) is 0 Å². The summed E-state index contributed by atoms with van der Waals surface area (Å²) in [5.41, 5.74) is 2.36. The lowest BCUT2D eigenvalue weighted by atomic mass is 10.1. The van der Waals surface area contributed by atoms with Gasteiger partial charge in [-0.3, -0.25) is 0 Å². The van der Waals surface area contributed by atoms with Crippen LogP contribution in [-0.4, -0.2) is 30.8 Å². The zero-order valence-electron chi connectivity index (χ0n) is 8.87. The normalized spacial score (nSPS) is 20.5. The molecule has 0 radical (unpaired) electrons. The van der Waals surface area contributed by atoms with Gasteiger partial charge in [0, 0.05) is 24.9 Å². The number of hydrogen-bond acceptors (Lipinski definition) is 3. The summed E-state index contributed by atoms with van der Waals surface area (Å²) >= 11 is 0. The largest absolute Gasteiger partial charge is 0.396 e. The van der Waals surface area contributed by atoms with Crippen LogP contribution in [0.2, 0.25) is 0 Å². The van der Waals surface area contributed by atoms with E-state index in [1.165, 1.54) is 17.7 Å². The van der Waals surface area contributed by atoms with Crippen LogP contribution in [0.5, 0.6) is 0 Å². The van der Waals surface area contributed by atoms with E-state index in [9.17, 15) is 0 Å². The number of anilines is 1.